The maximum Gasteiger partial charge on any atom is 0.279 e. The van der Waals surface area contributed by atoms with Crippen LogP contribution in [0.2, 0.25) is 0 Å². The Morgan fingerprint density at radius 3 is 3.05 bits per heavy atom. The van der Waals surface area contributed by atoms with Gasteiger partial charge < -0.3 is 5.73 Å². The molecule has 1 aromatic rings. The van der Waals surface area contributed by atoms with Gasteiger partial charge >= 0.3 is 0 Å². The van der Waals surface area contributed by atoms with Gasteiger partial charge in [0.1, 0.15) is 0 Å². The third kappa shape index (κ3) is 4.23. The molecule has 0 amide bonds. The Balaban J connectivity index is 2.01. The van der Waals surface area contributed by atoms with Gasteiger partial charge in [0.2, 0.25) is 0 Å². The predicted molar refractivity (Wildman–Crippen MR) is 82.7 cm³/mol. The Kier molecular flexibility index (Phi) is 5.69. The van der Waals surface area contributed by atoms with E-state index in [0.29, 0.717) is 19.6 Å². The molecule has 1 fully saturated rings. The molecule has 0 spiro atoms. The van der Waals surface area contributed by atoms with E-state index in [9.17, 15) is 8.42 Å². The van der Waals surface area contributed by atoms with Gasteiger partial charge in [0, 0.05) is 19.3 Å². The number of piperidine rings is 1. The summed E-state index contributed by atoms with van der Waals surface area (Å²) in [7, 11) is -3.46. The summed E-state index contributed by atoms with van der Waals surface area (Å²) in [6.45, 7) is 3.87. The predicted octanol–water partition coefficient (Wildman–Crippen LogP) is 0.649. The highest BCUT2D eigenvalue weighted by atomic mass is 32.2. The number of hydrogen-bond donors (Lipinski definition) is 2. The van der Waals surface area contributed by atoms with Crippen molar-refractivity contribution < 1.29 is 8.42 Å². The van der Waals surface area contributed by atoms with Crippen LogP contribution in [0.25, 0.3) is 0 Å². The summed E-state index contributed by atoms with van der Waals surface area (Å²) in [4.78, 5) is 4.26. The summed E-state index contributed by atoms with van der Waals surface area (Å²) in [6.07, 6.45) is 4.40. The van der Waals surface area contributed by atoms with Gasteiger partial charge in [-0.25, -0.2) is 0 Å². The fourth-order valence-electron chi connectivity index (χ4n) is 2.64. The van der Waals surface area contributed by atoms with Crippen LogP contribution in [0.15, 0.2) is 18.3 Å². The summed E-state index contributed by atoms with van der Waals surface area (Å²) < 4.78 is 28.9. The lowest BCUT2D eigenvalue weighted by atomic mass is 10.0. The molecule has 0 radical (unpaired) electrons. The van der Waals surface area contributed by atoms with Gasteiger partial charge in [0.25, 0.3) is 10.2 Å². The van der Waals surface area contributed by atoms with E-state index >= 15 is 0 Å². The van der Waals surface area contributed by atoms with E-state index in [4.69, 9.17) is 5.73 Å². The van der Waals surface area contributed by atoms with Crippen molar-refractivity contribution in [3.05, 3.63) is 29.6 Å². The molecule has 2 heterocycles. The van der Waals surface area contributed by atoms with Crippen LogP contribution in [0, 0.1) is 5.92 Å². The molecule has 0 aromatic carbocycles. The molecule has 3 N–H and O–H groups in total. The quantitative estimate of drug-likeness (QED) is 0.807. The first-order valence-corrected chi connectivity index (χ1v) is 8.88. The van der Waals surface area contributed by atoms with Crippen molar-refractivity contribution in [1.29, 1.82) is 0 Å². The van der Waals surface area contributed by atoms with Gasteiger partial charge in [-0.2, -0.15) is 17.4 Å². The maximum absolute atomic E-state index is 12.4. The first-order valence-electron chi connectivity index (χ1n) is 7.44. The fraction of sp³-hybridized carbons (Fsp3) is 0.643. The Bertz CT molecular complexity index is 562. The number of nitrogens with zero attached hydrogens (tertiary/aromatic N) is 2. The highest BCUT2D eigenvalue weighted by molar-refractivity contribution is 7.87. The molecule has 7 heteroatoms. The molecule has 1 aliphatic heterocycles. The lowest BCUT2D eigenvalue weighted by Crippen LogP contribution is -2.47. The fourth-order valence-corrected chi connectivity index (χ4v) is 3.92. The Morgan fingerprint density at radius 1 is 1.52 bits per heavy atom. The number of pyridine rings is 1. The van der Waals surface area contributed by atoms with Crippen LogP contribution in [-0.2, 0) is 23.2 Å². The SMILES string of the molecule is CCc1cccnc1CNS(=O)(=O)N1CCCC(CN)C1. The number of aromatic nitrogens is 1. The molecule has 21 heavy (non-hydrogen) atoms. The normalized spacial score (nSPS) is 20.6. The molecule has 2 rings (SSSR count). The first kappa shape index (κ1) is 16.4. The van der Waals surface area contributed by atoms with Crippen molar-refractivity contribution >= 4 is 10.2 Å². The minimum Gasteiger partial charge on any atom is -0.330 e. The summed E-state index contributed by atoms with van der Waals surface area (Å²) in [6, 6.07) is 3.84. The molecular weight excluding hydrogens is 288 g/mol. The van der Waals surface area contributed by atoms with Crippen molar-refractivity contribution in [2.45, 2.75) is 32.7 Å². The standard InChI is InChI=1S/C14H24N4O2S/c1-2-13-6-3-7-16-14(13)10-17-21(19,20)18-8-4-5-12(9-15)11-18/h3,6-7,12,17H,2,4-5,8-11,15H2,1H3. The van der Waals surface area contributed by atoms with E-state index in [0.717, 1.165) is 30.5 Å². The first-order chi connectivity index (χ1) is 10.1. The van der Waals surface area contributed by atoms with E-state index in [1.54, 1.807) is 6.20 Å². The van der Waals surface area contributed by atoms with Crippen LogP contribution in [0.3, 0.4) is 0 Å². The second-order valence-corrected chi connectivity index (χ2v) is 7.15. The van der Waals surface area contributed by atoms with Crippen LogP contribution in [-0.4, -0.2) is 37.3 Å². The summed E-state index contributed by atoms with van der Waals surface area (Å²) >= 11 is 0. The second kappa shape index (κ2) is 7.31. The van der Waals surface area contributed by atoms with Crippen molar-refractivity contribution in [1.82, 2.24) is 14.0 Å². The summed E-state index contributed by atoms with van der Waals surface area (Å²) in [5, 5.41) is 0. The molecule has 0 bridgehead atoms. The zero-order chi connectivity index (χ0) is 15.3. The van der Waals surface area contributed by atoms with Crippen molar-refractivity contribution in [3.63, 3.8) is 0 Å². The minimum absolute atomic E-state index is 0.232. The van der Waals surface area contributed by atoms with E-state index in [2.05, 4.69) is 9.71 Å². The zero-order valence-electron chi connectivity index (χ0n) is 12.5. The minimum atomic E-state index is -3.46. The van der Waals surface area contributed by atoms with Crippen molar-refractivity contribution in [2.75, 3.05) is 19.6 Å². The van der Waals surface area contributed by atoms with Gasteiger partial charge in [-0.1, -0.05) is 13.0 Å². The maximum atomic E-state index is 12.4. The van der Waals surface area contributed by atoms with E-state index in [1.807, 2.05) is 19.1 Å². The molecule has 1 aromatic heterocycles. The Morgan fingerprint density at radius 2 is 2.33 bits per heavy atom. The van der Waals surface area contributed by atoms with E-state index in [1.165, 1.54) is 4.31 Å². The lowest BCUT2D eigenvalue weighted by molar-refractivity contribution is 0.268. The lowest BCUT2D eigenvalue weighted by Gasteiger charge is -2.31. The molecule has 0 aliphatic carbocycles. The van der Waals surface area contributed by atoms with Crippen LogP contribution < -0.4 is 10.5 Å². The largest absolute Gasteiger partial charge is 0.330 e. The zero-order valence-corrected chi connectivity index (χ0v) is 13.3. The van der Waals surface area contributed by atoms with Crippen LogP contribution in [0.5, 0.6) is 0 Å². The number of rotatable bonds is 6. The van der Waals surface area contributed by atoms with Gasteiger partial charge in [-0.15, -0.1) is 0 Å². The highest BCUT2D eigenvalue weighted by Crippen LogP contribution is 2.17. The molecule has 1 saturated heterocycles. The van der Waals surface area contributed by atoms with Gasteiger partial charge in [0.05, 0.1) is 12.2 Å². The second-order valence-electron chi connectivity index (χ2n) is 5.39. The molecule has 1 aliphatic rings. The number of nitrogens with two attached hydrogens (primary N) is 1. The van der Waals surface area contributed by atoms with E-state index in [-0.39, 0.29) is 12.5 Å². The van der Waals surface area contributed by atoms with Gasteiger partial charge in [-0.3, -0.25) is 4.98 Å². The molecule has 1 unspecified atom stereocenters. The van der Waals surface area contributed by atoms with Crippen molar-refractivity contribution in [2.24, 2.45) is 11.7 Å². The third-order valence-corrected chi connectivity index (χ3v) is 5.46. The van der Waals surface area contributed by atoms with Gasteiger partial charge in [-0.05, 0) is 43.4 Å². The number of nitrogens with one attached hydrogen (secondary N) is 1. The number of hydrogen-bond acceptors (Lipinski definition) is 4. The monoisotopic (exact) mass is 312 g/mol. The average Bonchev–Trinajstić information content (AvgIpc) is 2.53. The molecular formula is C14H24N4O2S. The van der Waals surface area contributed by atoms with E-state index < -0.39 is 10.2 Å². The van der Waals surface area contributed by atoms with Gasteiger partial charge in [0.15, 0.2) is 0 Å². The molecule has 0 saturated carbocycles. The average molecular weight is 312 g/mol. The Labute approximate surface area is 126 Å². The van der Waals surface area contributed by atoms with Crippen LogP contribution in [0.1, 0.15) is 31.0 Å². The molecule has 118 valence electrons. The molecule has 1 atom stereocenters. The topological polar surface area (TPSA) is 88.3 Å². The highest BCUT2D eigenvalue weighted by Gasteiger charge is 2.28. The number of aryl methyl sites for hydroxylation is 1. The summed E-state index contributed by atoms with van der Waals surface area (Å²) in [5.74, 6) is 0.261. The van der Waals surface area contributed by atoms with Crippen LogP contribution >= 0.6 is 0 Å². The summed E-state index contributed by atoms with van der Waals surface area (Å²) in [5.41, 5.74) is 7.52. The smallest absolute Gasteiger partial charge is 0.279 e. The van der Waals surface area contributed by atoms with Crippen LogP contribution in [0.4, 0.5) is 0 Å². The third-order valence-electron chi connectivity index (χ3n) is 3.94. The van der Waals surface area contributed by atoms with Crippen molar-refractivity contribution in [3.8, 4) is 0 Å². The Hall–Kier alpha value is -1.02. The molecule has 6 nitrogen and oxygen atoms in total.